The van der Waals surface area contributed by atoms with E-state index >= 15 is 0 Å². The van der Waals surface area contributed by atoms with E-state index in [0.29, 0.717) is 0 Å². The number of hydrogen-bond acceptors (Lipinski definition) is 2. The third-order valence-electron chi connectivity index (χ3n) is 1.90. The Hall–Kier alpha value is -1.45. The third kappa shape index (κ3) is 3.01. The lowest BCUT2D eigenvalue weighted by Gasteiger charge is -2.10. The molecular formula is C11H12F2O2. The van der Waals surface area contributed by atoms with Crippen molar-refractivity contribution in [2.75, 3.05) is 6.61 Å². The van der Waals surface area contributed by atoms with E-state index in [1.807, 2.05) is 0 Å². The molecule has 0 bridgehead atoms. The Morgan fingerprint density at radius 1 is 1.33 bits per heavy atom. The van der Waals surface area contributed by atoms with Crippen molar-refractivity contribution in [2.24, 2.45) is 0 Å². The molecular weight excluding hydrogens is 202 g/mol. The zero-order valence-electron chi connectivity index (χ0n) is 8.59. The minimum absolute atomic E-state index is 0.115. The van der Waals surface area contributed by atoms with Gasteiger partial charge in [0.05, 0.1) is 12.2 Å². The highest BCUT2D eigenvalue weighted by atomic mass is 19.3. The number of alkyl halides is 2. The third-order valence-corrected chi connectivity index (χ3v) is 1.90. The smallest absolute Gasteiger partial charge is 0.338 e. The number of hydrogen-bond donors (Lipinski definition) is 0. The van der Waals surface area contributed by atoms with Crippen LogP contribution in [0.5, 0.6) is 0 Å². The van der Waals surface area contributed by atoms with Crippen molar-refractivity contribution >= 4 is 5.97 Å². The average molecular weight is 214 g/mol. The molecule has 1 aromatic carbocycles. The van der Waals surface area contributed by atoms with Crippen LogP contribution in [0.4, 0.5) is 8.78 Å². The molecule has 0 atom stereocenters. The first-order valence-electron chi connectivity index (χ1n) is 4.60. The van der Waals surface area contributed by atoms with Crippen molar-refractivity contribution in [3.8, 4) is 0 Å². The second-order valence-electron chi connectivity index (χ2n) is 3.19. The lowest BCUT2D eigenvalue weighted by atomic mass is 10.1. The first-order valence-corrected chi connectivity index (χ1v) is 4.60. The molecule has 1 rings (SSSR count). The van der Waals surface area contributed by atoms with E-state index in [-0.39, 0.29) is 17.7 Å². The van der Waals surface area contributed by atoms with E-state index in [0.717, 1.165) is 6.92 Å². The zero-order chi connectivity index (χ0) is 11.5. The molecule has 0 spiro atoms. The summed E-state index contributed by atoms with van der Waals surface area (Å²) in [7, 11) is 0. The molecule has 82 valence electrons. The molecule has 4 heteroatoms. The summed E-state index contributed by atoms with van der Waals surface area (Å²) in [5.41, 5.74) is 0.167. The van der Waals surface area contributed by atoms with Crippen LogP contribution in [-0.2, 0) is 10.7 Å². The fraction of sp³-hybridized carbons (Fsp3) is 0.364. The Labute approximate surface area is 86.9 Å². The lowest BCUT2D eigenvalue weighted by molar-refractivity contribution is 0.0173. The van der Waals surface area contributed by atoms with E-state index < -0.39 is 11.9 Å². The summed E-state index contributed by atoms with van der Waals surface area (Å²) in [6.07, 6.45) is 0. The van der Waals surface area contributed by atoms with Gasteiger partial charge in [-0.25, -0.2) is 13.6 Å². The quantitative estimate of drug-likeness (QED) is 0.723. The Morgan fingerprint density at radius 3 is 2.27 bits per heavy atom. The predicted octanol–water partition coefficient (Wildman–Crippen LogP) is 2.98. The highest BCUT2D eigenvalue weighted by Crippen LogP contribution is 2.26. The number of halogens is 2. The number of esters is 1. The molecule has 1 aromatic rings. The molecule has 0 radical (unpaired) electrons. The minimum atomic E-state index is -2.88. The molecule has 0 fully saturated rings. The van der Waals surface area contributed by atoms with Gasteiger partial charge in [0.1, 0.15) is 0 Å². The van der Waals surface area contributed by atoms with E-state index in [1.54, 1.807) is 6.92 Å². The summed E-state index contributed by atoms with van der Waals surface area (Å²) in [4.78, 5) is 11.2. The largest absolute Gasteiger partial charge is 0.462 e. The van der Waals surface area contributed by atoms with Gasteiger partial charge in [0, 0.05) is 12.5 Å². The fourth-order valence-electron chi connectivity index (χ4n) is 1.11. The van der Waals surface area contributed by atoms with Gasteiger partial charge in [-0.15, -0.1) is 0 Å². The van der Waals surface area contributed by atoms with Gasteiger partial charge in [-0.3, -0.25) is 0 Å². The topological polar surface area (TPSA) is 26.3 Å². The van der Waals surface area contributed by atoms with Gasteiger partial charge in [0.15, 0.2) is 0 Å². The molecule has 0 N–H and O–H groups in total. The first kappa shape index (κ1) is 11.6. The monoisotopic (exact) mass is 214 g/mol. The molecule has 0 saturated heterocycles. The Balaban J connectivity index is 2.86. The van der Waals surface area contributed by atoms with Crippen molar-refractivity contribution in [2.45, 2.75) is 19.8 Å². The van der Waals surface area contributed by atoms with Gasteiger partial charge in [-0.2, -0.15) is 0 Å². The van der Waals surface area contributed by atoms with Gasteiger partial charge in [0.2, 0.25) is 0 Å². The van der Waals surface area contributed by atoms with Gasteiger partial charge < -0.3 is 4.74 Å². The van der Waals surface area contributed by atoms with E-state index in [9.17, 15) is 13.6 Å². The lowest BCUT2D eigenvalue weighted by Crippen LogP contribution is -2.08. The molecule has 0 aromatic heterocycles. The standard InChI is InChI=1S/C11H12F2O2/c1-3-15-10(14)8-4-6-9(7-5-8)11(2,12)13/h4-7H,3H2,1-2H3. The van der Waals surface area contributed by atoms with Crippen LogP contribution >= 0.6 is 0 Å². The number of rotatable bonds is 3. The molecule has 0 aliphatic rings. The summed E-state index contributed by atoms with van der Waals surface area (Å²) in [6, 6.07) is 5.13. The number of carbonyl (C=O) groups excluding carboxylic acids is 1. The minimum Gasteiger partial charge on any atom is -0.462 e. The summed E-state index contributed by atoms with van der Waals surface area (Å²) in [6.45, 7) is 2.77. The SMILES string of the molecule is CCOC(=O)c1ccc(C(C)(F)F)cc1. The average Bonchev–Trinajstić information content (AvgIpc) is 2.17. The van der Waals surface area contributed by atoms with Crippen molar-refractivity contribution < 1.29 is 18.3 Å². The second kappa shape index (κ2) is 4.38. The molecule has 0 amide bonds. The second-order valence-corrected chi connectivity index (χ2v) is 3.19. The maximum atomic E-state index is 12.8. The predicted molar refractivity (Wildman–Crippen MR) is 52.0 cm³/mol. The van der Waals surface area contributed by atoms with Crippen LogP contribution in [0.25, 0.3) is 0 Å². The van der Waals surface area contributed by atoms with Gasteiger partial charge in [0.25, 0.3) is 5.92 Å². The van der Waals surface area contributed by atoms with Crippen molar-refractivity contribution in [3.63, 3.8) is 0 Å². The van der Waals surface area contributed by atoms with Crippen LogP contribution < -0.4 is 0 Å². The van der Waals surface area contributed by atoms with E-state index in [2.05, 4.69) is 0 Å². The molecule has 0 heterocycles. The van der Waals surface area contributed by atoms with Crippen LogP contribution in [0, 0.1) is 0 Å². The molecule has 0 unspecified atom stereocenters. The molecule has 0 aliphatic carbocycles. The maximum absolute atomic E-state index is 12.8. The summed E-state index contributed by atoms with van der Waals surface area (Å²) in [5, 5.41) is 0. The van der Waals surface area contributed by atoms with Crippen molar-refractivity contribution in [1.82, 2.24) is 0 Å². The van der Waals surface area contributed by atoms with E-state index in [4.69, 9.17) is 4.74 Å². The van der Waals surface area contributed by atoms with Crippen LogP contribution in [-0.4, -0.2) is 12.6 Å². The van der Waals surface area contributed by atoms with Crippen molar-refractivity contribution in [1.29, 1.82) is 0 Å². The van der Waals surface area contributed by atoms with Crippen molar-refractivity contribution in [3.05, 3.63) is 35.4 Å². The van der Waals surface area contributed by atoms with Crippen LogP contribution in [0.3, 0.4) is 0 Å². The highest BCUT2D eigenvalue weighted by molar-refractivity contribution is 5.89. The first-order chi connectivity index (χ1) is 6.95. The van der Waals surface area contributed by atoms with Gasteiger partial charge >= 0.3 is 5.97 Å². The molecule has 0 aliphatic heterocycles. The molecule has 0 saturated carbocycles. The van der Waals surface area contributed by atoms with E-state index in [1.165, 1.54) is 24.3 Å². The normalized spacial score (nSPS) is 11.2. The Bertz CT molecular complexity index is 339. The zero-order valence-corrected chi connectivity index (χ0v) is 8.59. The Kier molecular flexibility index (Phi) is 3.39. The number of ether oxygens (including phenoxy) is 1. The summed E-state index contributed by atoms with van der Waals surface area (Å²) in [5.74, 6) is -3.38. The van der Waals surface area contributed by atoms with Gasteiger partial charge in [-0.05, 0) is 19.1 Å². The van der Waals surface area contributed by atoms with Crippen LogP contribution in [0.2, 0.25) is 0 Å². The summed E-state index contributed by atoms with van der Waals surface area (Å²) >= 11 is 0. The van der Waals surface area contributed by atoms with Gasteiger partial charge in [-0.1, -0.05) is 12.1 Å². The highest BCUT2D eigenvalue weighted by Gasteiger charge is 2.24. The number of benzene rings is 1. The molecule has 2 nitrogen and oxygen atoms in total. The fourth-order valence-corrected chi connectivity index (χ4v) is 1.11. The van der Waals surface area contributed by atoms with Crippen LogP contribution in [0.15, 0.2) is 24.3 Å². The van der Waals surface area contributed by atoms with Crippen LogP contribution in [0.1, 0.15) is 29.8 Å². The molecule has 15 heavy (non-hydrogen) atoms. The number of carbonyl (C=O) groups is 1. The Morgan fingerprint density at radius 2 is 1.87 bits per heavy atom. The maximum Gasteiger partial charge on any atom is 0.338 e. The summed E-state index contributed by atoms with van der Waals surface area (Å²) < 4.78 is 30.4.